The third-order valence-corrected chi connectivity index (χ3v) is 8.18. The number of hydrogen-bond acceptors (Lipinski definition) is 7. The predicted octanol–water partition coefficient (Wildman–Crippen LogP) is 6.31. The summed E-state index contributed by atoms with van der Waals surface area (Å²) in [7, 11) is 0.750. The summed E-state index contributed by atoms with van der Waals surface area (Å²) >= 11 is 6.79. The van der Waals surface area contributed by atoms with Gasteiger partial charge in [-0.25, -0.2) is 9.97 Å². The minimum absolute atomic E-state index is 0. The van der Waals surface area contributed by atoms with E-state index in [2.05, 4.69) is 56.1 Å². The molecule has 0 spiro atoms. The number of benzene rings is 6. The van der Waals surface area contributed by atoms with E-state index in [4.69, 9.17) is 31.3 Å². The molecule has 0 aliphatic heterocycles. The summed E-state index contributed by atoms with van der Waals surface area (Å²) in [5, 5.41) is 22.8. The molecule has 0 saturated heterocycles. The van der Waals surface area contributed by atoms with Crippen molar-refractivity contribution in [1.29, 1.82) is 5.41 Å². The fourth-order valence-electron chi connectivity index (χ4n) is 4.59. The van der Waals surface area contributed by atoms with Gasteiger partial charge in [-0.05, 0) is 44.2 Å². The van der Waals surface area contributed by atoms with Crippen molar-refractivity contribution in [3.8, 4) is 33.9 Å². The summed E-state index contributed by atoms with van der Waals surface area (Å²) in [5.41, 5.74) is 12.4. The molecule has 0 aliphatic carbocycles. The zero-order valence-corrected chi connectivity index (χ0v) is 39.3. The van der Waals surface area contributed by atoms with Crippen molar-refractivity contribution in [1.82, 2.24) is 9.97 Å². The Kier molecular flexibility index (Phi) is 32.8. The Labute approximate surface area is 400 Å². The molecule has 1 aromatic heterocycles. The first-order valence-electron chi connectivity index (χ1n) is 17.6. The van der Waals surface area contributed by atoms with Crippen molar-refractivity contribution < 1.29 is 49.4 Å². The van der Waals surface area contributed by atoms with Crippen molar-refractivity contribution in [2.45, 2.75) is 13.8 Å². The van der Waals surface area contributed by atoms with Gasteiger partial charge in [-0.2, -0.15) is 7.11 Å². The van der Waals surface area contributed by atoms with E-state index in [-0.39, 0.29) is 68.6 Å². The van der Waals surface area contributed by atoms with E-state index in [1.807, 2.05) is 140 Å². The van der Waals surface area contributed by atoms with Crippen LogP contribution in [0.1, 0.15) is 40.1 Å². The zero-order valence-electron chi connectivity index (χ0n) is 33.3. The Morgan fingerprint density at radius 3 is 1.40 bits per heavy atom. The van der Waals surface area contributed by atoms with Crippen molar-refractivity contribution in [2.24, 2.45) is 5.73 Å². The Morgan fingerprint density at radius 2 is 1.03 bits per heavy atom. The standard InChI is InChI=1S/C22H15BrN2.C8H8O.C7H5BrO.C7H8N2.C2H6O.CH3O.BH4.ClH.Na/c23-19-13-7-12-18(14-19)21-15-20(16-8-3-1-4-9-16)24-22(25-21)17-10-5-2-6-11-17;1-7(9)8-5-3-2-4-6-8;8-7-3-1-2-6(4-7)5-9;8-7(9)6-4-2-1-3-5-6;1-2-3;1-2;;;/h1-15H;2-6H,1H3;1-5H;1-5H,(H3,8,9);3H,2H2,1H3;1H3;1H4;1H;/q;;;;;2*-1;;+1. The van der Waals surface area contributed by atoms with E-state index in [0.29, 0.717) is 5.56 Å². The number of amidine groups is 1. The van der Waals surface area contributed by atoms with Crippen molar-refractivity contribution >= 4 is 70.6 Å². The van der Waals surface area contributed by atoms with Gasteiger partial charge >= 0.3 is 29.6 Å². The van der Waals surface area contributed by atoms with Crippen LogP contribution >= 0.6 is 44.3 Å². The van der Waals surface area contributed by atoms with Gasteiger partial charge in [0.1, 0.15) is 12.1 Å². The molecule has 7 rings (SSSR count). The number of carbonyl (C=O) groups excluding carboxylic acids is 2. The molecule has 308 valence electrons. The molecule has 0 unspecified atom stereocenters. The molecule has 1 heterocycles. The summed E-state index contributed by atoms with van der Waals surface area (Å²) in [6.45, 7) is 3.50. The molecule has 0 bridgehead atoms. The van der Waals surface area contributed by atoms with Gasteiger partial charge in [0.05, 0.1) is 11.4 Å². The molecular formula is C47H50BBr2ClN4NaO4-. The fraction of sp³-hybridized carbons (Fsp3) is 0.0851. The average Bonchev–Trinajstić information content (AvgIpc) is 3.26. The number of hydrogen-bond donors (Lipinski definition) is 3. The number of carbonyl (C=O) groups is 2. The van der Waals surface area contributed by atoms with Crippen molar-refractivity contribution in [2.75, 3.05) is 13.7 Å². The van der Waals surface area contributed by atoms with E-state index in [0.717, 1.165) is 67.4 Å². The maximum atomic E-state index is 10.6. The van der Waals surface area contributed by atoms with E-state index in [9.17, 15) is 9.59 Å². The maximum absolute atomic E-state index is 10.6. The van der Waals surface area contributed by atoms with E-state index in [1.165, 1.54) is 0 Å². The van der Waals surface area contributed by atoms with Crippen molar-refractivity contribution in [3.63, 3.8) is 0 Å². The summed E-state index contributed by atoms with van der Waals surface area (Å²) in [5.74, 6) is 0.975. The van der Waals surface area contributed by atoms with Crippen LogP contribution in [0.2, 0.25) is 0 Å². The van der Waals surface area contributed by atoms with Crippen LogP contribution in [0.3, 0.4) is 0 Å². The van der Waals surface area contributed by atoms with Crippen LogP contribution < -0.4 is 40.4 Å². The van der Waals surface area contributed by atoms with Crippen LogP contribution in [0.5, 0.6) is 0 Å². The topological polar surface area (TPSA) is 153 Å². The molecule has 0 saturated carbocycles. The molecule has 60 heavy (non-hydrogen) atoms. The first kappa shape index (κ1) is 57.5. The minimum Gasteiger partial charge on any atom is -0.857 e. The monoisotopic (exact) mass is 961 g/mol. The van der Waals surface area contributed by atoms with Crippen LogP contribution in [0.25, 0.3) is 33.9 Å². The Bertz CT molecular complexity index is 2120. The third-order valence-electron chi connectivity index (χ3n) is 7.20. The number of aromatic nitrogens is 2. The second-order valence-corrected chi connectivity index (χ2v) is 13.2. The largest absolute Gasteiger partial charge is 1.00 e. The van der Waals surface area contributed by atoms with Gasteiger partial charge in [0.25, 0.3) is 0 Å². The molecule has 0 amide bonds. The van der Waals surface area contributed by atoms with Gasteiger partial charge in [0.15, 0.2) is 11.6 Å². The van der Waals surface area contributed by atoms with Gasteiger partial charge < -0.3 is 15.9 Å². The quantitative estimate of drug-likeness (QED) is 0.0581. The third kappa shape index (κ3) is 22.2. The average molecular weight is 964 g/mol. The first-order valence-corrected chi connectivity index (χ1v) is 19.2. The Balaban J connectivity index is 0. The van der Waals surface area contributed by atoms with E-state index < -0.39 is 0 Å². The number of rotatable bonds is 6. The van der Waals surface area contributed by atoms with Crippen LogP contribution in [0, 0.1) is 5.41 Å². The first-order chi connectivity index (χ1) is 27.6. The second-order valence-electron chi connectivity index (χ2n) is 11.4. The molecule has 0 fully saturated rings. The van der Waals surface area contributed by atoms with Gasteiger partial charge in [0.2, 0.25) is 0 Å². The summed E-state index contributed by atoms with van der Waals surface area (Å²) in [4.78, 5) is 30.4. The van der Waals surface area contributed by atoms with Crippen molar-refractivity contribution in [3.05, 3.63) is 202 Å². The molecule has 6 aromatic carbocycles. The minimum atomic E-state index is 0. The number of nitrogens with two attached hydrogens (primary N) is 1. The maximum Gasteiger partial charge on any atom is 1.00 e. The molecule has 0 aliphatic rings. The van der Waals surface area contributed by atoms with Gasteiger partial charge in [0, 0.05) is 48.9 Å². The number of nitrogens with one attached hydrogen (secondary N) is 1. The molecule has 13 heteroatoms. The number of nitrogens with zero attached hydrogens (tertiary/aromatic N) is 2. The molecule has 8 nitrogen and oxygen atoms in total. The number of aliphatic hydroxyl groups is 1. The Morgan fingerprint density at radius 1 is 0.650 bits per heavy atom. The van der Waals surface area contributed by atoms with Gasteiger partial charge in [-0.15, -0.1) is 12.4 Å². The smallest absolute Gasteiger partial charge is 0.857 e. The van der Waals surface area contributed by atoms with E-state index in [1.54, 1.807) is 26.0 Å². The fourth-order valence-corrected chi connectivity index (χ4v) is 5.40. The van der Waals surface area contributed by atoms with Crippen LogP contribution in [0.4, 0.5) is 0 Å². The van der Waals surface area contributed by atoms with Crippen LogP contribution in [0.15, 0.2) is 185 Å². The number of nitrogen functional groups attached to an aromatic ring is 1. The zero-order chi connectivity index (χ0) is 41.8. The Hall–Kier alpha value is -4.56. The number of Topliss-reactive ketones (excluding diaryl/α,β-unsaturated/α-hetero) is 1. The summed E-state index contributed by atoms with van der Waals surface area (Å²) < 4.78 is 1.97. The van der Waals surface area contributed by atoms with Gasteiger partial charge in [-0.3, -0.25) is 15.0 Å². The molecular weight excluding hydrogens is 914 g/mol. The molecule has 0 atom stereocenters. The number of aldehydes is 1. The second kappa shape index (κ2) is 34.2. The predicted molar refractivity (Wildman–Crippen MR) is 257 cm³/mol. The number of aliphatic hydroxyl groups excluding tert-OH is 1. The molecule has 4 N–H and O–H groups in total. The number of ketones is 1. The van der Waals surface area contributed by atoms with Crippen LogP contribution in [-0.4, -0.2) is 55.1 Å². The summed E-state index contributed by atoms with van der Waals surface area (Å²) in [6.07, 6.45) is 0.824. The molecule has 0 radical (unpaired) electrons. The van der Waals surface area contributed by atoms with Gasteiger partial charge in [-0.1, -0.05) is 186 Å². The SMILES string of the molecule is Brc1cccc(-c2cc(-c3ccccc3)nc(-c3ccccc3)n2)c1.CC(=O)c1ccccc1.CCO.C[O-].Cl.N=C(N)c1ccccc1.O=Cc1cccc(Br)c1.[BH4-].[Na+]. The normalized spacial score (nSPS) is 8.85. The van der Waals surface area contributed by atoms with E-state index >= 15 is 0 Å². The number of halogens is 3. The molecule has 7 aromatic rings. The van der Waals surface area contributed by atoms with Crippen LogP contribution in [-0.2, 0) is 0 Å². The summed E-state index contributed by atoms with van der Waals surface area (Å²) in [6, 6.07) is 56.2.